The van der Waals surface area contributed by atoms with Gasteiger partial charge in [-0.1, -0.05) is 198 Å². The maximum absolute atomic E-state index is 3.65. The molecule has 59 heavy (non-hydrogen) atoms. The van der Waals surface area contributed by atoms with Crippen LogP contribution in [0.15, 0.2) is 223 Å². The third-order valence-electron chi connectivity index (χ3n) is 12.7. The Balaban J connectivity index is 1.14. The van der Waals surface area contributed by atoms with Gasteiger partial charge in [0.05, 0.1) is 16.4 Å². The lowest BCUT2D eigenvalue weighted by atomic mass is 9.67. The molecule has 1 heterocycles. The van der Waals surface area contributed by atoms with Gasteiger partial charge in [-0.15, -0.1) is 0 Å². The molecule has 0 aliphatic heterocycles. The molecule has 1 aliphatic carbocycles. The molecular formula is C57H36BrN. The highest BCUT2D eigenvalue weighted by atomic mass is 79.9. The van der Waals surface area contributed by atoms with Gasteiger partial charge in [-0.25, -0.2) is 0 Å². The quantitative estimate of drug-likeness (QED) is 0.163. The van der Waals surface area contributed by atoms with Crippen LogP contribution in [0.25, 0.3) is 82.4 Å². The van der Waals surface area contributed by atoms with Crippen molar-refractivity contribution >= 4 is 59.3 Å². The monoisotopic (exact) mass is 813 g/mol. The van der Waals surface area contributed by atoms with Crippen LogP contribution in [0, 0.1) is 0 Å². The van der Waals surface area contributed by atoms with E-state index >= 15 is 0 Å². The minimum atomic E-state index is -0.528. The maximum Gasteiger partial charge on any atom is 0.0714 e. The van der Waals surface area contributed by atoms with Crippen molar-refractivity contribution in [3.8, 4) is 39.1 Å². The molecule has 0 unspecified atom stereocenters. The molecule has 0 saturated carbocycles. The molecule has 0 bridgehead atoms. The van der Waals surface area contributed by atoms with E-state index in [1.54, 1.807) is 0 Å². The van der Waals surface area contributed by atoms with Gasteiger partial charge in [0, 0.05) is 20.9 Å². The van der Waals surface area contributed by atoms with Crippen LogP contribution >= 0.6 is 15.9 Å². The lowest BCUT2D eigenvalue weighted by Gasteiger charge is -2.34. The first-order valence-electron chi connectivity index (χ1n) is 20.3. The average molecular weight is 815 g/mol. The van der Waals surface area contributed by atoms with Crippen molar-refractivity contribution in [2.45, 2.75) is 5.41 Å². The molecule has 11 aromatic rings. The number of benzene rings is 10. The molecular weight excluding hydrogens is 779 g/mol. The van der Waals surface area contributed by atoms with Gasteiger partial charge in [-0.05, 0) is 114 Å². The van der Waals surface area contributed by atoms with E-state index in [1.807, 2.05) is 0 Å². The van der Waals surface area contributed by atoms with E-state index in [4.69, 9.17) is 0 Å². The fourth-order valence-corrected chi connectivity index (χ4v) is 10.6. The summed E-state index contributed by atoms with van der Waals surface area (Å²) in [4.78, 5) is 0. The minimum absolute atomic E-state index is 0.528. The van der Waals surface area contributed by atoms with Crippen molar-refractivity contribution in [1.29, 1.82) is 0 Å². The van der Waals surface area contributed by atoms with E-state index in [0.29, 0.717) is 0 Å². The fraction of sp³-hybridized carbons (Fsp3) is 0.0175. The summed E-state index contributed by atoms with van der Waals surface area (Å²) in [6.07, 6.45) is 0. The van der Waals surface area contributed by atoms with Gasteiger partial charge in [0.2, 0.25) is 0 Å². The molecule has 0 spiro atoms. The smallest absolute Gasteiger partial charge is 0.0714 e. The summed E-state index contributed by atoms with van der Waals surface area (Å²) in [6, 6.07) is 81.0. The second-order valence-corrected chi connectivity index (χ2v) is 16.7. The normalized spacial score (nSPS) is 13.0. The number of aromatic nitrogens is 1. The second kappa shape index (κ2) is 13.3. The topological polar surface area (TPSA) is 4.93 Å². The van der Waals surface area contributed by atoms with Crippen molar-refractivity contribution in [1.82, 2.24) is 4.57 Å². The van der Waals surface area contributed by atoms with Crippen LogP contribution in [-0.2, 0) is 5.41 Å². The SMILES string of the molecule is Brc1cccc(-c2ccc(-c3ccc4c5c6ccccc6ccc5n(-c5ccc6c(c5)C(c5ccccc5)(c5ccccc5)c5ccc7ccccc7c5-6)c4c3)cc2)c1. The molecule has 12 rings (SSSR count). The van der Waals surface area contributed by atoms with Gasteiger partial charge in [0.1, 0.15) is 0 Å². The van der Waals surface area contributed by atoms with Crippen LogP contribution in [0.2, 0.25) is 0 Å². The Bertz CT molecular complexity index is 3390. The third kappa shape index (κ3) is 5.10. The number of halogens is 1. The lowest BCUT2D eigenvalue weighted by molar-refractivity contribution is 0.768. The van der Waals surface area contributed by atoms with Crippen LogP contribution in [0.5, 0.6) is 0 Å². The zero-order valence-corrected chi connectivity index (χ0v) is 33.7. The van der Waals surface area contributed by atoms with Crippen molar-refractivity contribution in [3.05, 3.63) is 245 Å². The van der Waals surface area contributed by atoms with E-state index < -0.39 is 5.41 Å². The van der Waals surface area contributed by atoms with Crippen LogP contribution < -0.4 is 0 Å². The number of rotatable bonds is 5. The molecule has 276 valence electrons. The van der Waals surface area contributed by atoms with Crippen molar-refractivity contribution in [3.63, 3.8) is 0 Å². The summed E-state index contributed by atoms with van der Waals surface area (Å²) in [7, 11) is 0. The first kappa shape index (κ1) is 34.1. The maximum atomic E-state index is 3.65. The molecule has 1 aliphatic rings. The number of hydrogen-bond donors (Lipinski definition) is 0. The van der Waals surface area contributed by atoms with Crippen molar-refractivity contribution < 1.29 is 0 Å². The van der Waals surface area contributed by atoms with Gasteiger partial charge in [0.15, 0.2) is 0 Å². The zero-order valence-electron chi connectivity index (χ0n) is 32.1. The summed E-state index contributed by atoms with van der Waals surface area (Å²) in [5.74, 6) is 0. The average Bonchev–Trinajstić information content (AvgIpc) is 3.80. The summed E-state index contributed by atoms with van der Waals surface area (Å²) >= 11 is 3.65. The largest absolute Gasteiger partial charge is 0.309 e. The third-order valence-corrected chi connectivity index (χ3v) is 13.2. The molecule has 1 aromatic heterocycles. The molecule has 0 N–H and O–H groups in total. The molecule has 0 fully saturated rings. The zero-order chi connectivity index (χ0) is 39.1. The van der Waals surface area contributed by atoms with E-state index in [-0.39, 0.29) is 0 Å². The van der Waals surface area contributed by atoms with Crippen molar-refractivity contribution in [2.75, 3.05) is 0 Å². The predicted molar refractivity (Wildman–Crippen MR) is 252 cm³/mol. The molecule has 2 heteroatoms. The highest BCUT2D eigenvalue weighted by molar-refractivity contribution is 9.10. The van der Waals surface area contributed by atoms with Crippen molar-refractivity contribution in [2.24, 2.45) is 0 Å². The van der Waals surface area contributed by atoms with Crippen LogP contribution in [0.3, 0.4) is 0 Å². The van der Waals surface area contributed by atoms with E-state index in [2.05, 4.69) is 239 Å². The highest BCUT2D eigenvalue weighted by Gasteiger charge is 2.47. The summed E-state index contributed by atoms with van der Waals surface area (Å²) in [5.41, 5.74) is 15.5. The Kier molecular flexibility index (Phi) is 7.67. The number of nitrogens with zero attached hydrogens (tertiary/aromatic N) is 1. The lowest BCUT2D eigenvalue weighted by Crippen LogP contribution is -2.28. The first-order valence-corrected chi connectivity index (χ1v) is 21.1. The number of hydrogen-bond acceptors (Lipinski definition) is 0. The second-order valence-electron chi connectivity index (χ2n) is 15.8. The van der Waals surface area contributed by atoms with Gasteiger partial charge in [0.25, 0.3) is 0 Å². The summed E-state index contributed by atoms with van der Waals surface area (Å²) < 4.78 is 3.59. The molecule has 1 nitrogen and oxygen atoms in total. The highest BCUT2D eigenvalue weighted by Crippen LogP contribution is 2.58. The van der Waals surface area contributed by atoms with E-state index in [9.17, 15) is 0 Å². The first-order chi connectivity index (χ1) is 29.2. The standard InChI is InChI=1S/C57H36BrN/c58-45-19-11-14-41(34-45)37-22-24-38(25-23-37)42-26-30-50-54(35-42)59(53-33-28-40-13-8-10-21-48(40)56(50)53)46-29-31-49-52(36-46)57(43-15-3-1-4-16-43,44-17-5-2-6-18-44)51-32-27-39-12-7-9-20-47(39)55(49)51/h1-36H. The van der Waals surface area contributed by atoms with E-state index in [0.717, 1.165) is 10.2 Å². The molecule has 0 amide bonds. The Morgan fingerprint density at radius 2 is 0.983 bits per heavy atom. The minimum Gasteiger partial charge on any atom is -0.309 e. The molecule has 10 aromatic carbocycles. The van der Waals surface area contributed by atoms with Gasteiger partial charge >= 0.3 is 0 Å². The molecule has 0 atom stereocenters. The van der Waals surface area contributed by atoms with Gasteiger partial charge in [-0.3, -0.25) is 0 Å². The van der Waals surface area contributed by atoms with Crippen LogP contribution in [0.1, 0.15) is 22.3 Å². The van der Waals surface area contributed by atoms with Gasteiger partial charge in [-0.2, -0.15) is 0 Å². The Morgan fingerprint density at radius 1 is 0.373 bits per heavy atom. The predicted octanol–water partition coefficient (Wildman–Crippen LogP) is 15.5. The number of fused-ring (bicyclic) bond motifs is 10. The fourth-order valence-electron chi connectivity index (χ4n) is 10.2. The van der Waals surface area contributed by atoms with Crippen LogP contribution in [-0.4, -0.2) is 4.57 Å². The molecule has 0 saturated heterocycles. The van der Waals surface area contributed by atoms with Crippen LogP contribution in [0.4, 0.5) is 0 Å². The summed E-state index contributed by atoms with van der Waals surface area (Å²) in [6.45, 7) is 0. The Labute approximate surface area is 351 Å². The summed E-state index contributed by atoms with van der Waals surface area (Å²) in [5, 5.41) is 7.58. The Morgan fingerprint density at radius 3 is 1.69 bits per heavy atom. The van der Waals surface area contributed by atoms with Gasteiger partial charge < -0.3 is 4.57 Å². The van der Waals surface area contributed by atoms with E-state index in [1.165, 1.54) is 99.0 Å². The molecule has 0 radical (unpaired) electrons. The Hall–Kier alpha value is -7.00.